The van der Waals surface area contributed by atoms with Crippen LogP contribution in [-0.2, 0) is 6.54 Å². The first-order valence-electron chi connectivity index (χ1n) is 9.48. The molecule has 1 aliphatic heterocycles. The Bertz CT molecular complexity index is 796. The monoisotopic (exact) mass is 368 g/mol. The molecular formula is C19H24N6O2. The minimum absolute atomic E-state index is 0.0678. The molecule has 27 heavy (non-hydrogen) atoms. The highest BCUT2D eigenvalue weighted by Gasteiger charge is 2.27. The molecule has 0 bridgehead atoms. The molecule has 0 spiro atoms. The van der Waals surface area contributed by atoms with Gasteiger partial charge < -0.3 is 10.6 Å². The highest BCUT2D eigenvalue weighted by Crippen LogP contribution is 2.29. The molecule has 8 heteroatoms. The van der Waals surface area contributed by atoms with Gasteiger partial charge in [-0.1, -0.05) is 30.3 Å². The van der Waals surface area contributed by atoms with Gasteiger partial charge in [-0.3, -0.25) is 15.0 Å². The first-order chi connectivity index (χ1) is 13.2. The first-order valence-corrected chi connectivity index (χ1v) is 9.48. The van der Waals surface area contributed by atoms with Gasteiger partial charge in [0.2, 0.25) is 11.8 Å². The summed E-state index contributed by atoms with van der Waals surface area (Å²) in [5, 5.41) is 17.7. The van der Waals surface area contributed by atoms with Crippen LogP contribution in [0.15, 0.2) is 36.5 Å². The molecule has 1 aromatic carbocycles. The minimum Gasteiger partial charge on any atom is -0.361 e. The van der Waals surface area contributed by atoms with Crippen LogP contribution in [0.3, 0.4) is 0 Å². The molecule has 1 aliphatic carbocycles. The molecule has 2 aromatic rings. The molecule has 2 heterocycles. The van der Waals surface area contributed by atoms with Crippen LogP contribution < -0.4 is 10.6 Å². The number of hydrogen-bond acceptors (Lipinski definition) is 7. The Balaban J connectivity index is 1.41. The minimum atomic E-state index is -0.434. The van der Waals surface area contributed by atoms with E-state index in [1.807, 2.05) is 6.07 Å². The smallest absolute Gasteiger partial charge is 0.329 e. The second-order valence-electron chi connectivity index (χ2n) is 7.31. The largest absolute Gasteiger partial charge is 0.361 e. The fourth-order valence-corrected chi connectivity index (χ4v) is 3.45. The van der Waals surface area contributed by atoms with E-state index in [-0.39, 0.29) is 11.7 Å². The summed E-state index contributed by atoms with van der Waals surface area (Å²) in [6, 6.07) is 11.0. The zero-order valence-corrected chi connectivity index (χ0v) is 15.2. The number of hydrogen-bond donors (Lipinski definition) is 2. The molecule has 8 nitrogen and oxygen atoms in total. The van der Waals surface area contributed by atoms with Crippen molar-refractivity contribution in [3.05, 3.63) is 52.2 Å². The molecule has 2 N–H and O–H groups in total. The van der Waals surface area contributed by atoms with Crippen LogP contribution in [0.2, 0.25) is 0 Å². The Hall–Kier alpha value is -2.74. The molecule has 0 amide bonds. The Kier molecular flexibility index (Phi) is 5.15. The number of rotatable bonds is 7. The van der Waals surface area contributed by atoms with Crippen LogP contribution in [0.5, 0.6) is 0 Å². The van der Waals surface area contributed by atoms with Crippen LogP contribution in [0.4, 0.5) is 17.5 Å². The lowest BCUT2D eigenvalue weighted by molar-refractivity contribution is -0.384. The van der Waals surface area contributed by atoms with Crippen LogP contribution in [-0.4, -0.2) is 45.0 Å². The molecule has 0 radical (unpaired) electrons. The highest BCUT2D eigenvalue weighted by molar-refractivity contribution is 5.58. The predicted octanol–water partition coefficient (Wildman–Crippen LogP) is 3.04. The zero-order valence-electron chi connectivity index (χ0n) is 15.2. The summed E-state index contributed by atoms with van der Waals surface area (Å²) >= 11 is 0. The fourth-order valence-electron chi connectivity index (χ4n) is 3.45. The second-order valence-corrected chi connectivity index (χ2v) is 7.31. The number of likely N-dealkylation sites (tertiary alicyclic amines) is 1. The third-order valence-corrected chi connectivity index (χ3v) is 4.97. The van der Waals surface area contributed by atoms with Crippen molar-refractivity contribution in [1.29, 1.82) is 0 Å². The molecule has 1 saturated heterocycles. The van der Waals surface area contributed by atoms with Crippen LogP contribution in [0, 0.1) is 10.1 Å². The summed E-state index contributed by atoms with van der Waals surface area (Å²) in [5.41, 5.74) is 1.24. The average molecular weight is 368 g/mol. The molecule has 1 saturated carbocycles. The van der Waals surface area contributed by atoms with Gasteiger partial charge in [0, 0.05) is 25.2 Å². The van der Waals surface area contributed by atoms with E-state index in [0.717, 1.165) is 45.3 Å². The molecular weight excluding hydrogens is 344 g/mol. The van der Waals surface area contributed by atoms with E-state index < -0.39 is 4.92 Å². The number of nitrogens with one attached hydrogen (secondary N) is 2. The summed E-state index contributed by atoms with van der Waals surface area (Å²) in [5.74, 6) is 0.771. The van der Waals surface area contributed by atoms with Crippen LogP contribution in [0.1, 0.15) is 31.2 Å². The van der Waals surface area contributed by atoms with Gasteiger partial charge in [0.05, 0.1) is 4.92 Å². The zero-order chi connectivity index (χ0) is 18.6. The van der Waals surface area contributed by atoms with Crippen molar-refractivity contribution >= 4 is 17.5 Å². The van der Waals surface area contributed by atoms with Gasteiger partial charge in [0.1, 0.15) is 6.20 Å². The fraction of sp³-hybridized carbons (Fsp3) is 0.474. The van der Waals surface area contributed by atoms with E-state index in [2.05, 4.69) is 49.8 Å². The van der Waals surface area contributed by atoms with Crippen molar-refractivity contribution in [1.82, 2.24) is 14.9 Å². The number of nitro groups is 1. The second kappa shape index (κ2) is 7.87. The molecule has 1 unspecified atom stereocenters. The van der Waals surface area contributed by atoms with E-state index in [4.69, 9.17) is 0 Å². The SMILES string of the molecule is O=[N+]([O-])c1cnc(NC2CCCN(Cc3ccccc3)C2)nc1NC1CC1. The maximum atomic E-state index is 11.2. The Labute approximate surface area is 158 Å². The summed E-state index contributed by atoms with van der Waals surface area (Å²) in [4.78, 5) is 21.7. The molecule has 1 aromatic heterocycles. The van der Waals surface area contributed by atoms with Crippen molar-refractivity contribution < 1.29 is 4.92 Å². The van der Waals surface area contributed by atoms with Gasteiger partial charge in [-0.25, -0.2) is 4.98 Å². The normalized spacial score (nSPS) is 20.2. The van der Waals surface area contributed by atoms with E-state index in [1.165, 1.54) is 11.8 Å². The molecule has 1 atom stereocenters. The lowest BCUT2D eigenvalue weighted by Gasteiger charge is -2.33. The lowest BCUT2D eigenvalue weighted by Crippen LogP contribution is -2.41. The van der Waals surface area contributed by atoms with Gasteiger partial charge >= 0.3 is 5.69 Å². The number of anilines is 2. The van der Waals surface area contributed by atoms with Gasteiger partial charge in [0.15, 0.2) is 0 Å². The summed E-state index contributed by atoms with van der Waals surface area (Å²) in [6.07, 6.45) is 5.49. The van der Waals surface area contributed by atoms with Crippen LogP contribution >= 0.6 is 0 Å². The maximum Gasteiger partial charge on any atom is 0.329 e. The topological polar surface area (TPSA) is 96.2 Å². The quantitative estimate of drug-likeness (QED) is 0.573. The third-order valence-electron chi connectivity index (χ3n) is 4.97. The Morgan fingerprint density at radius 1 is 1.15 bits per heavy atom. The van der Waals surface area contributed by atoms with E-state index in [0.29, 0.717) is 17.8 Å². The standard InChI is InChI=1S/C19H24N6O2/c26-25(27)17-11-20-19(23-18(17)21-15-8-9-15)22-16-7-4-10-24(13-16)12-14-5-2-1-3-6-14/h1-3,5-6,11,15-16H,4,7-10,12-13H2,(H2,20,21,22,23). The summed E-state index contributed by atoms with van der Waals surface area (Å²) in [6.45, 7) is 2.90. The number of nitrogens with zero attached hydrogens (tertiary/aromatic N) is 4. The number of piperidine rings is 1. The van der Waals surface area contributed by atoms with Crippen molar-refractivity contribution in [3.8, 4) is 0 Å². The summed E-state index contributed by atoms with van der Waals surface area (Å²) in [7, 11) is 0. The van der Waals surface area contributed by atoms with Crippen molar-refractivity contribution in [2.75, 3.05) is 23.7 Å². The predicted molar refractivity (Wildman–Crippen MR) is 104 cm³/mol. The molecule has 2 fully saturated rings. The number of aromatic nitrogens is 2. The summed E-state index contributed by atoms with van der Waals surface area (Å²) < 4.78 is 0. The molecule has 2 aliphatic rings. The molecule has 4 rings (SSSR count). The third kappa shape index (κ3) is 4.71. The highest BCUT2D eigenvalue weighted by atomic mass is 16.6. The Morgan fingerprint density at radius 2 is 1.96 bits per heavy atom. The van der Waals surface area contributed by atoms with E-state index in [9.17, 15) is 10.1 Å². The van der Waals surface area contributed by atoms with E-state index >= 15 is 0 Å². The van der Waals surface area contributed by atoms with Crippen LogP contribution in [0.25, 0.3) is 0 Å². The lowest BCUT2D eigenvalue weighted by atomic mass is 10.0. The van der Waals surface area contributed by atoms with Crippen molar-refractivity contribution in [2.45, 2.75) is 44.3 Å². The van der Waals surface area contributed by atoms with Gasteiger partial charge in [0.25, 0.3) is 0 Å². The Morgan fingerprint density at radius 3 is 2.70 bits per heavy atom. The van der Waals surface area contributed by atoms with Gasteiger partial charge in [-0.05, 0) is 37.8 Å². The maximum absolute atomic E-state index is 11.2. The van der Waals surface area contributed by atoms with Crippen molar-refractivity contribution in [3.63, 3.8) is 0 Å². The van der Waals surface area contributed by atoms with Gasteiger partial charge in [-0.15, -0.1) is 0 Å². The van der Waals surface area contributed by atoms with Gasteiger partial charge in [-0.2, -0.15) is 4.98 Å². The average Bonchev–Trinajstić information content (AvgIpc) is 3.47. The number of benzene rings is 1. The first kappa shape index (κ1) is 17.7. The van der Waals surface area contributed by atoms with E-state index in [1.54, 1.807) is 0 Å². The van der Waals surface area contributed by atoms with Crippen molar-refractivity contribution in [2.24, 2.45) is 0 Å². The molecule has 142 valence electrons.